The van der Waals surface area contributed by atoms with Gasteiger partial charge in [0, 0.05) is 13.1 Å². The fourth-order valence-electron chi connectivity index (χ4n) is 2.71. The predicted molar refractivity (Wildman–Crippen MR) is 72.6 cm³/mol. The Morgan fingerprint density at radius 3 is 3.11 bits per heavy atom. The molecule has 0 spiro atoms. The number of aromatic nitrogens is 1. The summed E-state index contributed by atoms with van der Waals surface area (Å²) in [6.07, 6.45) is 3.56. The standard InChI is InChI=1S/C14H19N3O/c15-8-7-11-4-3-9-17(10-11)14-16-12-5-1-2-6-13(12)18-14/h1-2,5-6,11H,3-4,7-10,15H2. The van der Waals surface area contributed by atoms with Crippen LogP contribution in [0, 0.1) is 5.92 Å². The Bertz CT molecular complexity index is 487. The van der Waals surface area contributed by atoms with E-state index >= 15 is 0 Å². The first kappa shape index (κ1) is 11.5. The minimum Gasteiger partial charge on any atom is -0.423 e. The molecule has 0 radical (unpaired) electrons. The van der Waals surface area contributed by atoms with E-state index in [9.17, 15) is 0 Å². The SMILES string of the molecule is NCCC1CCCN(c2nc3ccccc3o2)C1. The highest BCUT2D eigenvalue weighted by Gasteiger charge is 2.22. The van der Waals surface area contributed by atoms with Gasteiger partial charge in [0.25, 0.3) is 6.01 Å². The molecule has 4 heteroatoms. The highest BCUT2D eigenvalue weighted by Crippen LogP contribution is 2.27. The second kappa shape index (κ2) is 4.98. The van der Waals surface area contributed by atoms with Gasteiger partial charge in [-0.1, -0.05) is 12.1 Å². The second-order valence-electron chi connectivity index (χ2n) is 5.00. The first-order chi connectivity index (χ1) is 8.86. The number of oxazole rings is 1. The molecule has 3 rings (SSSR count). The Hall–Kier alpha value is -1.55. The molecule has 1 unspecified atom stereocenters. The lowest BCUT2D eigenvalue weighted by Gasteiger charge is -2.31. The minimum atomic E-state index is 0.679. The second-order valence-corrected chi connectivity index (χ2v) is 5.00. The summed E-state index contributed by atoms with van der Waals surface area (Å²) in [7, 11) is 0. The van der Waals surface area contributed by atoms with Gasteiger partial charge in [0.05, 0.1) is 0 Å². The highest BCUT2D eigenvalue weighted by molar-refractivity contribution is 5.74. The zero-order valence-corrected chi connectivity index (χ0v) is 10.5. The third-order valence-corrected chi connectivity index (χ3v) is 3.65. The number of hydrogen-bond acceptors (Lipinski definition) is 4. The molecule has 0 bridgehead atoms. The average molecular weight is 245 g/mol. The third kappa shape index (κ3) is 2.20. The Kier molecular flexibility index (Phi) is 3.19. The largest absolute Gasteiger partial charge is 0.423 e. The number of nitrogens with two attached hydrogens (primary N) is 1. The fraction of sp³-hybridized carbons (Fsp3) is 0.500. The van der Waals surface area contributed by atoms with Crippen LogP contribution in [0.5, 0.6) is 0 Å². The maximum Gasteiger partial charge on any atom is 0.298 e. The van der Waals surface area contributed by atoms with Crippen LogP contribution in [0.15, 0.2) is 28.7 Å². The van der Waals surface area contributed by atoms with Gasteiger partial charge in [-0.15, -0.1) is 0 Å². The van der Waals surface area contributed by atoms with Crippen LogP contribution in [0.1, 0.15) is 19.3 Å². The van der Waals surface area contributed by atoms with Crippen molar-refractivity contribution in [2.75, 3.05) is 24.5 Å². The number of hydrogen-bond donors (Lipinski definition) is 1. The number of fused-ring (bicyclic) bond motifs is 1. The van der Waals surface area contributed by atoms with E-state index < -0.39 is 0 Å². The quantitative estimate of drug-likeness (QED) is 0.902. The summed E-state index contributed by atoms with van der Waals surface area (Å²) in [5, 5.41) is 0. The number of benzene rings is 1. The smallest absolute Gasteiger partial charge is 0.298 e. The van der Waals surface area contributed by atoms with Crippen molar-refractivity contribution in [2.45, 2.75) is 19.3 Å². The van der Waals surface area contributed by atoms with E-state index in [0.717, 1.165) is 43.2 Å². The molecule has 2 aromatic rings. The van der Waals surface area contributed by atoms with E-state index in [2.05, 4.69) is 9.88 Å². The highest BCUT2D eigenvalue weighted by atomic mass is 16.4. The molecule has 1 fully saturated rings. The van der Waals surface area contributed by atoms with Crippen LogP contribution in [0.3, 0.4) is 0 Å². The van der Waals surface area contributed by atoms with Crippen molar-refractivity contribution in [1.29, 1.82) is 0 Å². The van der Waals surface area contributed by atoms with Gasteiger partial charge < -0.3 is 15.1 Å². The first-order valence-corrected chi connectivity index (χ1v) is 6.67. The molecule has 1 aliphatic rings. The average Bonchev–Trinajstić information content (AvgIpc) is 2.83. The van der Waals surface area contributed by atoms with Crippen LogP contribution in [-0.2, 0) is 0 Å². The van der Waals surface area contributed by atoms with E-state index in [1.54, 1.807) is 0 Å². The summed E-state index contributed by atoms with van der Waals surface area (Å²) >= 11 is 0. The van der Waals surface area contributed by atoms with Gasteiger partial charge >= 0.3 is 0 Å². The summed E-state index contributed by atoms with van der Waals surface area (Å²) in [6, 6.07) is 8.68. The number of anilines is 1. The van der Waals surface area contributed by atoms with Crippen molar-refractivity contribution in [3.05, 3.63) is 24.3 Å². The lowest BCUT2D eigenvalue weighted by molar-refractivity contribution is 0.380. The van der Waals surface area contributed by atoms with Gasteiger partial charge in [0.15, 0.2) is 5.58 Å². The van der Waals surface area contributed by atoms with E-state index in [1.165, 1.54) is 12.8 Å². The number of piperidine rings is 1. The maximum absolute atomic E-state index is 5.82. The van der Waals surface area contributed by atoms with Gasteiger partial charge in [-0.2, -0.15) is 4.98 Å². The summed E-state index contributed by atoms with van der Waals surface area (Å²) in [4.78, 5) is 6.81. The van der Waals surface area contributed by atoms with Crippen LogP contribution < -0.4 is 10.6 Å². The van der Waals surface area contributed by atoms with E-state index in [0.29, 0.717) is 5.92 Å². The lowest BCUT2D eigenvalue weighted by Crippen LogP contribution is -2.36. The van der Waals surface area contributed by atoms with Crippen LogP contribution >= 0.6 is 0 Å². The number of rotatable bonds is 3. The normalized spacial score (nSPS) is 20.5. The van der Waals surface area contributed by atoms with Gasteiger partial charge in [-0.3, -0.25) is 0 Å². The van der Waals surface area contributed by atoms with Crippen LogP contribution in [0.4, 0.5) is 6.01 Å². The molecule has 4 nitrogen and oxygen atoms in total. The number of para-hydroxylation sites is 2. The molecule has 1 atom stereocenters. The maximum atomic E-state index is 5.82. The van der Waals surface area contributed by atoms with E-state index in [-0.39, 0.29) is 0 Å². The van der Waals surface area contributed by atoms with Gasteiger partial charge in [0.1, 0.15) is 5.52 Å². The topological polar surface area (TPSA) is 55.3 Å². The first-order valence-electron chi connectivity index (χ1n) is 6.67. The van der Waals surface area contributed by atoms with Gasteiger partial charge in [0.2, 0.25) is 0 Å². The van der Waals surface area contributed by atoms with Crippen molar-refractivity contribution < 1.29 is 4.42 Å². The summed E-state index contributed by atoms with van der Waals surface area (Å²) in [5.74, 6) is 0.679. The molecule has 1 aromatic carbocycles. The molecule has 96 valence electrons. The monoisotopic (exact) mass is 245 g/mol. The minimum absolute atomic E-state index is 0.679. The summed E-state index contributed by atoms with van der Waals surface area (Å²) < 4.78 is 5.82. The van der Waals surface area contributed by atoms with Crippen molar-refractivity contribution in [3.8, 4) is 0 Å². The van der Waals surface area contributed by atoms with Crippen molar-refractivity contribution >= 4 is 17.1 Å². The van der Waals surface area contributed by atoms with E-state index in [1.807, 2.05) is 24.3 Å². The Morgan fingerprint density at radius 1 is 1.39 bits per heavy atom. The zero-order valence-electron chi connectivity index (χ0n) is 10.5. The molecule has 1 saturated heterocycles. The Labute approximate surface area is 107 Å². The molecule has 1 aliphatic heterocycles. The van der Waals surface area contributed by atoms with Crippen molar-refractivity contribution in [2.24, 2.45) is 11.7 Å². The number of nitrogens with zero attached hydrogens (tertiary/aromatic N) is 2. The molecule has 1 aromatic heterocycles. The lowest BCUT2D eigenvalue weighted by atomic mass is 9.95. The Balaban J connectivity index is 1.80. The molecule has 2 heterocycles. The molecular formula is C14H19N3O. The third-order valence-electron chi connectivity index (χ3n) is 3.65. The molecule has 0 aliphatic carbocycles. The van der Waals surface area contributed by atoms with Gasteiger partial charge in [-0.05, 0) is 43.9 Å². The van der Waals surface area contributed by atoms with Crippen LogP contribution in [0.2, 0.25) is 0 Å². The van der Waals surface area contributed by atoms with E-state index in [4.69, 9.17) is 10.2 Å². The summed E-state index contributed by atoms with van der Waals surface area (Å²) in [5.41, 5.74) is 7.45. The molecule has 0 amide bonds. The predicted octanol–water partition coefficient (Wildman–Crippen LogP) is 2.39. The van der Waals surface area contributed by atoms with Crippen LogP contribution in [-0.4, -0.2) is 24.6 Å². The zero-order chi connectivity index (χ0) is 12.4. The molecule has 2 N–H and O–H groups in total. The summed E-state index contributed by atoms with van der Waals surface area (Å²) in [6.45, 7) is 2.82. The Morgan fingerprint density at radius 2 is 2.28 bits per heavy atom. The van der Waals surface area contributed by atoms with Gasteiger partial charge in [-0.25, -0.2) is 0 Å². The van der Waals surface area contributed by atoms with Crippen molar-refractivity contribution in [1.82, 2.24) is 4.98 Å². The molecule has 0 saturated carbocycles. The molecular weight excluding hydrogens is 226 g/mol. The van der Waals surface area contributed by atoms with Crippen LogP contribution in [0.25, 0.3) is 11.1 Å². The molecule has 18 heavy (non-hydrogen) atoms. The van der Waals surface area contributed by atoms with Crippen molar-refractivity contribution in [3.63, 3.8) is 0 Å². The fourth-order valence-corrected chi connectivity index (χ4v) is 2.71.